The molecule has 2 nitrogen and oxygen atoms in total. The van der Waals surface area contributed by atoms with Crippen LogP contribution in [0.4, 0.5) is 0 Å². The lowest BCUT2D eigenvalue weighted by atomic mass is 10.1. The Bertz CT molecular complexity index is 376. The fourth-order valence-electron chi connectivity index (χ4n) is 1.95. The zero-order chi connectivity index (χ0) is 13.9. The minimum atomic E-state index is -1.09. The largest absolute Gasteiger partial charge is 0.392 e. The van der Waals surface area contributed by atoms with Crippen LogP contribution >= 0.6 is 0 Å². The van der Waals surface area contributed by atoms with E-state index in [2.05, 4.69) is 6.58 Å². The van der Waals surface area contributed by atoms with Gasteiger partial charge in [-0.15, -0.1) is 6.58 Å². The van der Waals surface area contributed by atoms with E-state index in [0.29, 0.717) is 5.75 Å². The Morgan fingerprint density at radius 1 is 1.16 bits per heavy atom. The molecule has 0 aliphatic rings. The summed E-state index contributed by atoms with van der Waals surface area (Å²) in [4.78, 5) is 0.799. The highest BCUT2D eigenvalue weighted by Gasteiger charge is 2.10. The average molecular weight is 280 g/mol. The standard InChI is InChI=1S/C16H24O2S/c1-2-3-4-5-6-8-11-15(17)14-19(18)16-12-9-7-10-13-16/h2,7,9-10,12-13,15,17H,1,3-6,8,11,14H2. The van der Waals surface area contributed by atoms with Crippen LogP contribution in [0.15, 0.2) is 47.9 Å². The highest BCUT2D eigenvalue weighted by Crippen LogP contribution is 2.11. The first kappa shape index (κ1) is 16.1. The predicted molar refractivity (Wildman–Crippen MR) is 81.6 cm³/mol. The quantitative estimate of drug-likeness (QED) is 0.524. The Morgan fingerprint density at radius 3 is 2.53 bits per heavy atom. The van der Waals surface area contributed by atoms with Gasteiger partial charge in [-0.3, -0.25) is 4.21 Å². The Morgan fingerprint density at radius 2 is 1.84 bits per heavy atom. The summed E-state index contributed by atoms with van der Waals surface area (Å²) in [6.07, 6.45) is 7.79. The monoisotopic (exact) mass is 280 g/mol. The van der Waals surface area contributed by atoms with Crippen LogP contribution in [0.25, 0.3) is 0 Å². The molecule has 0 aliphatic heterocycles. The maximum Gasteiger partial charge on any atom is 0.0659 e. The summed E-state index contributed by atoms with van der Waals surface area (Å²) < 4.78 is 12.0. The van der Waals surface area contributed by atoms with Gasteiger partial charge in [0, 0.05) is 4.90 Å². The summed E-state index contributed by atoms with van der Waals surface area (Å²) in [5.74, 6) is 0.344. The second-order valence-electron chi connectivity index (χ2n) is 4.76. The maximum atomic E-state index is 12.0. The van der Waals surface area contributed by atoms with Crippen molar-refractivity contribution in [1.82, 2.24) is 0 Å². The van der Waals surface area contributed by atoms with Crippen LogP contribution in [0.2, 0.25) is 0 Å². The van der Waals surface area contributed by atoms with Crippen molar-refractivity contribution in [2.75, 3.05) is 5.75 Å². The molecule has 1 aromatic carbocycles. The van der Waals surface area contributed by atoms with Crippen LogP contribution < -0.4 is 0 Å². The second-order valence-corrected chi connectivity index (χ2v) is 6.26. The van der Waals surface area contributed by atoms with E-state index >= 15 is 0 Å². The average Bonchev–Trinajstić information content (AvgIpc) is 2.43. The third kappa shape index (κ3) is 7.28. The highest BCUT2D eigenvalue weighted by molar-refractivity contribution is 7.85. The highest BCUT2D eigenvalue weighted by atomic mass is 32.2. The lowest BCUT2D eigenvalue weighted by Crippen LogP contribution is -2.16. The smallest absolute Gasteiger partial charge is 0.0659 e. The Hall–Kier alpha value is -0.930. The summed E-state index contributed by atoms with van der Waals surface area (Å²) in [6, 6.07) is 9.34. The van der Waals surface area contributed by atoms with Gasteiger partial charge in [-0.2, -0.15) is 0 Å². The molecule has 19 heavy (non-hydrogen) atoms. The first-order valence-electron chi connectivity index (χ1n) is 6.96. The summed E-state index contributed by atoms with van der Waals surface area (Å²) in [5.41, 5.74) is 0. The van der Waals surface area contributed by atoms with Crippen molar-refractivity contribution in [3.05, 3.63) is 43.0 Å². The molecule has 3 heteroatoms. The van der Waals surface area contributed by atoms with Crippen molar-refractivity contribution >= 4 is 10.8 Å². The van der Waals surface area contributed by atoms with Crippen LogP contribution in [-0.2, 0) is 10.8 Å². The van der Waals surface area contributed by atoms with Gasteiger partial charge in [-0.1, -0.05) is 43.5 Å². The number of hydrogen-bond acceptors (Lipinski definition) is 2. The molecule has 2 unspecified atom stereocenters. The molecule has 0 saturated carbocycles. The molecule has 0 radical (unpaired) electrons. The second kappa shape index (κ2) is 9.93. The number of hydrogen-bond donors (Lipinski definition) is 1. The third-order valence-corrected chi connectivity index (χ3v) is 4.53. The van der Waals surface area contributed by atoms with Crippen LogP contribution in [0.1, 0.15) is 38.5 Å². The fourth-order valence-corrected chi connectivity index (χ4v) is 3.12. The van der Waals surface area contributed by atoms with Crippen molar-refractivity contribution in [3.8, 4) is 0 Å². The molecule has 2 atom stereocenters. The Kier molecular flexibility index (Phi) is 8.43. The molecular formula is C16H24O2S. The van der Waals surface area contributed by atoms with Gasteiger partial charge in [0.25, 0.3) is 0 Å². The number of rotatable bonds is 10. The van der Waals surface area contributed by atoms with E-state index < -0.39 is 16.9 Å². The van der Waals surface area contributed by atoms with E-state index in [9.17, 15) is 9.32 Å². The topological polar surface area (TPSA) is 37.3 Å². The molecule has 0 bridgehead atoms. The first-order chi connectivity index (χ1) is 9.24. The molecule has 0 saturated heterocycles. The minimum absolute atomic E-state index is 0.344. The lowest BCUT2D eigenvalue weighted by molar-refractivity contribution is 0.184. The van der Waals surface area contributed by atoms with E-state index in [1.54, 1.807) is 0 Å². The Labute approximate surface area is 119 Å². The lowest BCUT2D eigenvalue weighted by Gasteiger charge is -2.10. The van der Waals surface area contributed by atoms with Crippen molar-refractivity contribution in [2.45, 2.75) is 49.5 Å². The predicted octanol–water partition coefficient (Wildman–Crippen LogP) is 3.68. The SMILES string of the molecule is C=CCCCCCCC(O)CS(=O)c1ccccc1. The van der Waals surface area contributed by atoms with Crippen LogP contribution in [0.5, 0.6) is 0 Å². The molecule has 1 rings (SSSR count). The van der Waals surface area contributed by atoms with Gasteiger partial charge in [0.2, 0.25) is 0 Å². The van der Waals surface area contributed by atoms with Crippen molar-refractivity contribution in [2.24, 2.45) is 0 Å². The summed E-state index contributed by atoms with van der Waals surface area (Å²) in [7, 11) is -1.09. The molecule has 1 aromatic rings. The zero-order valence-corrected chi connectivity index (χ0v) is 12.3. The maximum absolute atomic E-state index is 12.0. The molecule has 0 aliphatic carbocycles. The molecule has 0 spiro atoms. The number of aliphatic hydroxyl groups excluding tert-OH is 1. The number of unbranched alkanes of at least 4 members (excludes halogenated alkanes) is 4. The fraction of sp³-hybridized carbons (Fsp3) is 0.500. The van der Waals surface area contributed by atoms with Crippen molar-refractivity contribution < 1.29 is 9.32 Å². The van der Waals surface area contributed by atoms with E-state index in [1.807, 2.05) is 36.4 Å². The number of allylic oxidation sites excluding steroid dienone is 1. The third-order valence-electron chi connectivity index (χ3n) is 3.05. The normalized spacial score (nSPS) is 13.9. The molecule has 0 aromatic heterocycles. The number of aliphatic hydroxyl groups is 1. The number of benzene rings is 1. The van der Waals surface area contributed by atoms with E-state index in [0.717, 1.165) is 30.6 Å². The van der Waals surface area contributed by atoms with Gasteiger partial charge in [0.1, 0.15) is 0 Å². The van der Waals surface area contributed by atoms with E-state index in [4.69, 9.17) is 0 Å². The van der Waals surface area contributed by atoms with Gasteiger partial charge in [-0.05, 0) is 31.4 Å². The zero-order valence-electron chi connectivity index (χ0n) is 11.5. The van der Waals surface area contributed by atoms with Crippen molar-refractivity contribution in [1.29, 1.82) is 0 Å². The minimum Gasteiger partial charge on any atom is -0.392 e. The van der Waals surface area contributed by atoms with E-state index in [1.165, 1.54) is 12.8 Å². The molecule has 0 fully saturated rings. The first-order valence-corrected chi connectivity index (χ1v) is 8.28. The molecule has 0 amide bonds. The van der Waals surface area contributed by atoms with Crippen LogP contribution in [0, 0.1) is 0 Å². The Balaban J connectivity index is 2.15. The summed E-state index contributed by atoms with van der Waals surface area (Å²) >= 11 is 0. The molecule has 0 heterocycles. The van der Waals surface area contributed by atoms with Gasteiger partial charge < -0.3 is 5.11 Å². The van der Waals surface area contributed by atoms with Crippen LogP contribution in [-0.4, -0.2) is 21.2 Å². The summed E-state index contributed by atoms with van der Waals surface area (Å²) in [5, 5.41) is 9.87. The van der Waals surface area contributed by atoms with Gasteiger partial charge >= 0.3 is 0 Å². The van der Waals surface area contributed by atoms with Crippen molar-refractivity contribution in [3.63, 3.8) is 0 Å². The molecule has 106 valence electrons. The van der Waals surface area contributed by atoms with Gasteiger partial charge in [0.05, 0.1) is 22.7 Å². The molecule has 1 N–H and O–H groups in total. The summed E-state index contributed by atoms with van der Waals surface area (Å²) in [6.45, 7) is 3.69. The molecular weight excluding hydrogens is 256 g/mol. The van der Waals surface area contributed by atoms with Gasteiger partial charge in [0.15, 0.2) is 0 Å². The van der Waals surface area contributed by atoms with E-state index in [-0.39, 0.29) is 0 Å². The van der Waals surface area contributed by atoms with Gasteiger partial charge in [-0.25, -0.2) is 0 Å². The van der Waals surface area contributed by atoms with Crippen LogP contribution in [0.3, 0.4) is 0 Å².